The van der Waals surface area contributed by atoms with Gasteiger partial charge in [0.1, 0.15) is 0 Å². The lowest BCUT2D eigenvalue weighted by Gasteiger charge is -2.32. The van der Waals surface area contributed by atoms with Crippen LogP contribution in [0.15, 0.2) is 4.99 Å². The van der Waals surface area contributed by atoms with E-state index in [0.29, 0.717) is 25.0 Å². The van der Waals surface area contributed by atoms with E-state index in [0.717, 1.165) is 25.9 Å². The van der Waals surface area contributed by atoms with Crippen LogP contribution in [0, 0.1) is 11.8 Å². The van der Waals surface area contributed by atoms with Crippen molar-refractivity contribution >= 4 is 12.1 Å². The quantitative estimate of drug-likeness (QED) is 0.574. The summed E-state index contributed by atoms with van der Waals surface area (Å²) in [4.78, 5) is 17.1. The van der Waals surface area contributed by atoms with E-state index in [9.17, 15) is 4.79 Å². The van der Waals surface area contributed by atoms with Gasteiger partial charge in [-0.1, -0.05) is 13.8 Å². The molecule has 0 spiro atoms. The van der Waals surface area contributed by atoms with Crippen LogP contribution >= 0.6 is 0 Å². The molecule has 1 saturated heterocycles. The third-order valence-corrected chi connectivity index (χ3v) is 2.92. The van der Waals surface area contributed by atoms with E-state index in [1.165, 1.54) is 0 Å². The maximum atomic E-state index is 11.4. The highest BCUT2D eigenvalue weighted by molar-refractivity contribution is 5.89. The maximum absolute atomic E-state index is 11.4. The number of ether oxygens (including phenoxy) is 1. The van der Waals surface area contributed by atoms with Crippen LogP contribution in [0.3, 0.4) is 0 Å². The number of likely N-dealkylation sites (tertiary alicyclic amines) is 1. The molecule has 18 heavy (non-hydrogen) atoms. The molecule has 1 rings (SSSR count). The maximum Gasteiger partial charge on any atom is 0.436 e. The predicted molar refractivity (Wildman–Crippen MR) is 71.2 cm³/mol. The zero-order chi connectivity index (χ0) is 13.5. The Balaban J connectivity index is 2.46. The number of aliphatic imine (C=N–C) groups is 1. The highest BCUT2D eigenvalue weighted by Gasteiger charge is 2.20. The Hall–Kier alpha value is -1.30. The lowest BCUT2D eigenvalue weighted by atomic mass is 9.99. The molecule has 1 aliphatic rings. The van der Waals surface area contributed by atoms with Crippen molar-refractivity contribution in [3.63, 3.8) is 0 Å². The van der Waals surface area contributed by atoms with Gasteiger partial charge in [-0.05, 0) is 31.2 Å². The van der Waals surface area contributed by atoms with Crippen LogP contribution in [0.2, 0.25) is 0 Å². The molecule has 0 aliphatic carbocycles. The van der Waals surface area contributed by atoms with E-state index in [-0.39, 0.29) is 5.96 Å². The summed E-state index contributed by atoms with van der Waals surface area (Å²) in [5.74, 6) is 0.961. The van der Waals surface area contributed by atoms with Gasteiger partial charge in [0.15, 0.2) is 0 Å². The van der Waals surface area contributed by atoms with Gasteiger partial charge in [0, 0.05) is 13.1 Å². The van der Waals surface area contributed by atoms with Gasteiger partial charge in [0.25, 0.3) is 0 Å². The van der Waals surface area contributed by atoms with E-state index in [1.807, 2.05) is 18.7 Å². The molecule has 0 aromatic heterocycles. The minimum atomic E-state index is -0.615. The summed E-state index contributed by atoms with van der Waals surface area (Å²) in [6, 6.07) is 0. The SMILES string of the molecule is CC(C)COC(=O)N=C(N)N1CCCC(CN)C1. The summed E-state index contributed by atoms with van der Waals surface area (Å²) in [7, 11) is 0. The van der Waals surface area contributed by atoms with Crippen molar-refractivity contribution in [1.82, 2.24) is 4.90 Å². The number of carbonyl (C=O) groups is 1. The molecule has 1 amide bonds. The Morgan fingerprint density at radius 1 is 1.56 bits per heavy atom. The largest absolute Gasteiger partial charge is 0.448 e. The summed E-state index contributed by atoms with van der Waals surface area (Å²) in [6.07, 6.45) is 1.52. The van der Waals surface area contributed by atoms with Crippen LogP contribution in [0.25, 0.3) is 0 Å². The number of carbonyl (C=O) groups excluding carboxylic acids is 1. The van der Waals surface area contributed by atoms with Gasteiger partial charge in [0.05, 0.1) is 6.61 Å². The highest BCUT2D eigenvalue weighted by Crippen LogP contribution is 2.14. The van der Waals surface area contributed by atoms with Crippen molar-refractivity contribution in [2.24, 2.45) is 28.3 Å². The fourth-order valence-corrected chi connectivity index (χ4v) is 1.90. The molecule has 6 heteroatoms. The van der Waals surface area contributed by atoms with E-state index in [1.54, 1.807) is 0 Å². The number of piperidine rings is 1. The number of nitrogens with two attached hydrogens (primary N) is 2. The average Bonchev–Trinajstić information content (AvgIpc) is 2.36. The summed E-state index contributed by atoms with van der Waals surface area (Å²) in [6.45, 7) is 6.53. The molecule has 1 fully saturated rings. The van der Waals surface area contributed by atoms with Crippen molar-refractivity contribution in [3.8, 4) is 0 Å². The van der Waals surface area contributed by atoms with Gasteiger partial charge in [0.2, 0.25) is 5.96 Å². The number of hydrogen-bond donors (Lipinski definition) is 2. The van der Waals surface area contributed by atoms with Gasteiger partial charge >= 0.3 is 6.09 Å². The molecule has 0 aromatic rings. The van der Waals surface area contributed by atoms with Crippen LogP contribution in [0.4, 0.5) is 4.79 Å². The molecule has 0 aromatic carbocycles. The molecule has 1 unspecified atom stereocenters. The average molecular weight is 256 g/mol. The number of nitrogens with zero attached hydrogens (tertiary/aromatic N) is 2. The Labute approximate surface area is 108 Å². The van der Waals surface area contributed by atoms with Crippen molar-refractivity contribution in [2.75, 3.05) is 26.2 Å². The smallest absolute Gasteiger partial charge is 0.436 e. The second-order valence-electron chi connectivity index (χ2n) is 5.13. The van der Waals surface area contributed by atoms with Crippen molar-refractivity contribution in [2.45, 2.75) is 26.7 Å². The molecular weight excluding hydrogens is 232 g/mol. The topological polar surface area (TPSA) is 93.9 Å². The molecule has 0 saturated carbocycles. The van der Waals surface area contributed by atoms with Crippen LogP contribution in [-0.4, -0.2) is 43.2 Å². The molecule has 1 atom stereocenters. The minimum Gasteiger partial charge on any atom is -0.448 e. The first-order valence-corrected chi connectivity index (χ1v) is 6.48. The fraction of sp³-hybridized carbons (Fsp3) is 0.833. The van der Waals surface area contributed by atoms with E-state index in [2.05, 4.69) is 4.99 Å². The lowest BCUT2D eigenvalue weighted by Crippen LogP contribution is -2.46. The zero-order valence-corrected chi connectivity index (χ0v) is 11.3. The highest BCUT2D eigenvalue weighted by atomic mass is 16.5. The molecule has 6 nitrogen and oxygen atoms in total. The summed E-state index contributed by atoms with van der Waals surface area (Å²) >= 11 is 0. The van der Waals surface area contributed by atoms with Crippen LogP contribution in [-0.2, 0) is 4.74 Å². The van der Waals surface area contributed by atoms with Gasteiger partial charge in [-0.2, -0.15) is 0 Å². The van der Waals surface area contributed by atoms with Crippen LogP contribution < -0.4 is 11.5 Å². The third-order valence-electron chi connectivity index (χ3n) is 2.92. The van der Waals surface area contributed by atoms with Crippen molar-refractivity contribution in [3.05, 3.63) is 0 Å². The normalized spacial score (nSPS) is 21.2. The Kier molecular flexibility index (Phi) is 5.91. The minimum absolute atomic E-state index is 0.238. The summed E-state index contributed by atoms with van der Waals surface area (Å²) in [5, 5.41) is 0. The second-order valence-corrected chi connectivity index (χ2v) is 5.13. The Bertz CT molecular complexity index is 304. The van der Waals surface area contributed by atoms with Crippen molar-refractivity contribution in [1.29, 1.82) is 0 Å². The van der Waals surface area contributed by atoms with Crippen LogP contribution in [0.5, 0.6) is 0 Å². The fourth-order valence-electron chi connectivity index (χ4n) is 1.90. The molecule has 0 bridgehead atoms. The molecule has 1 heterocycles. The Morgan fingerprint density at radius 3 is 2.89 bits per heavy atom. The van der Waals surface area contributed by atoms with E-state index in [4.69, 9.17) is 16.2 Å². The first-order valence-electron chi connectivity index (χ1n) is 6.48. The molecular formula is C12H24N4O2. The second kappa shape index (κ2) is 7.20. The number of rotatable bonds is 3. The van der Waals surface area contributed by atoms with Crippen LogP contribution in [0.1, 0.15) is 26.7 Å². The number of amides is 1. The van der Waals surface area contributed by atoms with E-state index >= 15 is 0 Å². The van der Waals surface area contributed by atoms with Gasteiger partial charge in [-0.25, -0.2) is 4.79 Å². The lowest BCUT2D eigenvalue weighted by molar-refractivity contribution is 0.143. The predicted octanol–water partition coefficient (Wildman–Crippen LogP) is 0.764. The van der Waals surface area contributed by atoms with E-state index < -0.39 is 6.09 Å². The first kappa shape index (κ1) is 14.8. The standard InChI is InChI=1S/C12H24N4O2/c1-9(2)8-18-12(17)15-11(14)16-5-3-4-10(6-13)7-16/h9-10H,3-8,13H2,1-2H3,(H2,14,15,17). The van der Waals surface area contributed by atoms with Gasteiger partial charge in [-0.3, -0.25) is 0 Å². The molecule has 1 aliphatic heterocycles. The Morgan fingerprint density at radius 2 is 2.28 bits per heavy atom. The summed E-state index contributed by atoms with van der Waals surface area (Å²) < 4.78 is 4.96. The monoisotopic (exact) mass is 256 g/mol. The molecule has 104 valence electrons. The van der Waals surface area contributed by atoms with Gasteiger partial charge < -0.3 is 21.1 Å². The number of hydrogen-bond acceptors (Lipinski definition) is 3. The summed E-state index contributed by atoms with van der Waals surface area (Å²) in [5.41, 5.74) is 11.5. The first-order chi connectivity index (χ1) is 8.52. The molecule has 4 N–H and O–H groups in total. The van der Waals surface area contributed by atoms with Gasteiger partial charge in [-0.15, -0.1) is 4.99 Å². The number of guanidine groups is 1. The zero-order valence-electron chi connectivity index (χ0n) is 11.3. The van der Waals surface area contributed by atoms with Crippen molar-refractivity contribution < 1.29 is 9.53 Å². The third kappa shape index (κ3) is 4.91. The molecule has 0 radical (unpaired) electrons.